The van der Waals surface area contributed by atoms with Crippen molar-refractivity contribution in [3.05, 3.63) is 56.7 Å². The molecule has 8 heteroatoms. The van der Waals surface area contributed by atoms with Crippen LogP contribution in [-0.2, 0) is 12.8 Å². The second kappa shape index (κ2) is 8.10. The van der Waals surface area contributed by atoms with Crippen molar-refractivity contribution in [1.29, 1.82) is 0 Å². The maximum absolute atomic E-state index is 10.8. The Morgan fingerprint density at radius 2 is 2.10 bits per heavy atom. The molecule has 0 saturated carbocycles. The fraction of sp³-hybridized carbons (Fsp3) is 0.409. The Morgan fingerprint density at radius 3 is 2.80 bits per heavy atom. The van der Waals surface area contributed by atoms with Gasteiger partial charge in [0.2, 0.25) is 0 Å². The number of fused-ring (bicyclic) bond motifs is 3. The van der Waals surface area contributed by atoms with Gasteiger partial charge in [-0.15, -0.1) is 11.3 Å². The third-order valence-electron chi connectivity index (χ3n) is 6.35. The van der Waals surface area contributed by atoms with E-state index in [0.29, 0.717) is 17.2 Å². The van der Waals surface area contributed by atoms with Gasteiger partial charge in [0.1, 0.15) is 11.2 Å². The maximum Gasteiger partial charge on any atom is 0.269 e. The fourth-order valence-electron chi connectivity index (χ4n) is 4.00. The summed E-state index contributed by atoms with van der Waals surface area (Å²) in [4.78, 5) is 21.7. The summed E-state index contributed by atoms with van der Waals surface area (Å²) < 4.78 is 0. The first kappa shape index (κ1) is 20.4. The maximum atomic E-state index is 10.8. The summed E-state index contributed by atoms with van der Waals surface area (Å²) in [5.41, 5.74) is 5.58. The summed E-state index contributed by atoms with van der Waals surface area (Å²) in [6.45, 7) is 6.99. The summed E-state index contributed by atoms with van der Waals surface area (Å²) in [6.07, 6.45) is 7.73. The van der Waals surface area contributed by atoms with Gasteiger partial charge in [0.25, 0.3) is 5.69 Å². The van der Waals surface area contributed by atoms with E-state index in [-0.39, 0.29) is 5.69 Å². The predicted molar refractivity (Wildman–Crippen MR) is 121 cm³/mol. The third-order valence-corrected chi connectivity index (χ3v) is 7.55. The number of thiophene rings is 1. The Morgan fingerprint density at radius 1 is 1.33 bits per heavy atom. The van der Waals surface area contributed by atoms with E-state index in [1.165, 1.54) is 29.0 Å². The van der Waals surface area contributed by atoms with Crippen LogP contribution < -0.4 is 5.43 Å². The second-order valence-corrected chi connectivity index (χ2v) is 9.49. The topological polar surface area (TPSA) is 93.3 Å². The molecule has 0 spiro atoms. The van der Waals surface area contributed by atoms with Crippen LogP contribution in [-0.4, -0.2) is 21.1 Å². The Hall–Kier alpha value is -2.87. The molecule has 4 rings (SSSR count). The number of nitrogens with zero attached hydrogens (tertiary/aromatic N) is 4. The average molecular weight is 424 g/mol. The van der Waals surface area contributed by atoms with Crippen LogP contribution >= 0.6 is 11.3 Å². The van der Waals surface area contributed by atoms with Crippen LogP contribution in [0.1, 0.15) is 49.6 Å². The molecule has 0 amide bonds. The molecule has 0 fully saturated rings. The van der Waals surface area contributed by atoms with Gasteiger partial charge in [-0.25, -0.2) is 9.97 Å². The lowest BCUT2D eigenvalue weighted by molar-refractivity contribution is -0.384. The van der Waals surface area contributed by atoms with Gasteiger partial charge in [-0.3, -0.25) is 15.5 Å². The highest BCUT2D eigenvalue weighted by molar-refractivity contribution is 7.19. The number of rotatable bonds is 6. The lowest BCUT2D eigenvalue weighted by Crippen LogP contribution is -2.28. The number of benzene rings is 1. The lowest BCUT2D eigenvalue weighted by Gasteiger charge is -2.36. The molecular weight excluding hydrogens is 398 g/mol. The van der Waals surface area contributed by atoms with Crippen molar-refractivity contribution in [3.63, 3.8) is 0 Å². The smallest absolute Gasteiger partial charge is 0.261 e. The Bertz CT molecular complexity index is 1100. The molecule has 0 aliphatic heterocycles. The number of nitrogens with one attached hydrogen (secondary N) is 1. The highest BCUT2D eigenvalue weighted by Gasteiger charge is 2.33. The molecule has 30 heavy (non-hydrogen) atoms. The molecule has 1 aromatic carbocycles. The van der Waals surface area contributed by atoms with Crippen molar-refractivity contribution >= 4 is 39.3 Å². The summed E-state index contributed by atoms with van der Waals surface area (Å²) in [5.74, 6) is 1.36. The number of anilines is 1. The van der Waals surface area contributed by atoms with Crippen LogP contribution in [0.3, 0.4) is 0 Å². The van der Waals surface area contributed by atoms with E-state index in [1.807, 2.05) is 0 Å². The van der Waals surface area contributed by atoms with E-state index in [1.54, 1.807) is 36.0 Å². The number of non-ortho nitro benzene ring substituents is 1. The zero-order valence-corrected chi connectivity index (χ0v) is 18.2. The molecular formula is C22H25N5O2S. The average Bonchev–Trinajstić information content (AvgIpc) is 3.12. The van der Waals surface area contributed by atoms with Crippen molar-refractivity contribution in [2.45, 2.75) is 46.5 Å². The Balaban J connectivity index is 1.59. The van der Waals surface area contributed by atoms with Gasteiger partial charge in [0.05, 0.1) is 16.5 Å². The van der Waals surface area contributed by atoms with E-state index in [9.17, 15) is 10.1 Å². The van der Waals surface area contributed by atoms with Crippen LogP contribution in [0, 0.1) is 21.4 Å². The number of nitro groups is 1. The molecule has 1 aliphatic carbocycles. The van der Waals surface area contributed by atoms with E-state index < -0.39 is 4.92 Å². The first-order chi connectivity index (χ1) is 14.4. The lowest BCUT2D eigenvalue weighted by atomic mass is 9.69. The number of nitro benzene ring substituents is 1. The number of hydrogen-bond donors (Lipinski definition) is 1. The Labute approximate surface area is 179 Å². The van der Waals surface area contributed by atoms with Gasteiger partial charge in [0.15, 0.2) is 5.82 Å². The number of hydrogen-bond acceptors (Lipinski definition) is 7. The molecule has 0 saturated heterocycles. The van der Waals surface area contributed by atoms with Gasteiger partial charge in [-0.2, -0.15) is 5.10 Å². The number of aryl methyl sites for hydroxylation is 1. The van der Waals surface area contributed by atoms with E-state index >= 15 is 0 Å². The minimum absolute atomic E-state index is 0.0621. The quantitative estimate of drug-likeness (QED) is 0.317. The number of aromatic nitrogens is 2. The molecule has 3 aromatic rings. The predicted octanol–water partition coefficient (Wildman–Crippen LogP) is 5.59. The molecule has 7 nitrogen and oxygen atoms in total. The van der Waals surface area contributed by atoms with Crippen molar-refractivity contribution < 1.29 is 4.92 Å². The molecule has 2 heterocycles. The van der Waals surface area contributed by atoms with E-state index in [2.05, 4.69) is 41.3 Å². The minimum Gasteiger partial charge on any atom is -0.261 e. The van der Waals surface area contributed by atoms with E-state index in [4.69, 9.17) is 0 Å². The summed E-state index contributed by atoms with van der Waals surface area (Å²) in [7, 11) is 0. The van der Waals surface area contributed by atoms with E-state index in [0.717, 1.165) is 35.0 Å². The minimum atomic E-state index is -0.413. The van der Waals surface area contributed by atoms with Crippen LogP contribution in [0.2, 0.25) is 0 Å². The van der Waals surface area contributed by atoms with Crippen LogP contribution in [0.25, 0.3) is 10.2 Å². The summed E-state index contributed by atoms with van der Waals surface area (Å²) in [6, 6.07) is 6.27. The molecule has 0 radical (unpaired) electrons. The van der Waals surface area contributed by atoms with Gasteiger partial charge in [-0.05, 0) is 53.9 Å². The Kier molecular flexibility index (Phi) is 5.51. The SMILES string of the molecule is CCC(C)(C)[C@@H]1CCc2sc3ncnc(N/N=C/c4ccc([N+](=O)[O-])cc4)c3c2C1. The van der Waals surface area contributed by atoms with Crippen LogP contribution in [0.4, 0.5) is 11.5 Å². The second-order valence-electron chi connectivity index (χ2n) is 8.41. The first-order valence-corrected chi connectivity index (χ1v) is 11.0. The van der Waals surface area contributed by atoms with Crippen molar-refractivity contribution in [3.8, 4) is 0 Å². The zero-order valence-electron chi connectivity index (χ0n) is 17.4. The van der Waals surface area contributed by atoms with Gasteiger partial charge in [-0.1, -0.05) is 27.2 Å². The molecule has 1 aliphatic rings. The standard InChI is InChI=1S/C22H25N5O2S/c1-4-22(2,3)15-7-10-18-17(11-15)19-20(23-13-24-21(19)30-18)26-25-12-14-5-8-16(9-6-14)27(28)29/h5-6,8-9,12-13,15H,4,7,10-11H2,1-3H3,(H,23,24,26)/b25-12+/t15-/m1/s1. The number of hydrazone groups is 1. The molecule has 156 valence electrons. The van der Waals surface area contributed by atoms with Gasteiger partial charge < -0.3 is 0 Å². The molecule has 0 bridgehead atoms. The highest BCUT2D eigenvalue weighted by atomic mass is 32.1. The van der Waals surface area contributed by atoms with Crippen LogP contribution in [0.5, 0.6) is 0 Å². The zero-order chi connectivity index (χ0) is 21.3. The van der Waals surface area contributed by atoms with Gasteiger partial charge in [0, 0.05) is 17.0 Å². The first-order valence-electron chi connectivity index (χ1n) is 10.2. The highest BCUT2D eigenvalue weighted by Crippen LogP contribution is 2.45. The summed E-state index contributed by atoms with van der Waals surface area (Å²) in [5, 5.41) is 16.2. The molecule has 2 aromatic heterocycles. The normalized spacial score (nSPS) is 16.7. The molecule has 1 N–H and O–H groups in total. The monoisotopic (exact) mass is 423 g/mol. The van der Waals surface area contributed by atoms with Crippen molar-refractivity contribution in [1.82, 2.24) is 9.97 Å². The fourth-order valence-corrected chi connectivity index (χ4v) is 5.18. The van der Waals surface area contributed by atoms with Crippen molar-refractivity contribution in [2.75, 3.05) is 5.43 Å². The van der Waals surface area contributed by atoms with Gasteiger partial charge >= 0.3 is 0 Å². The third kappa shape index (κ3) is 3.92. The van der Waals surface area contributed by atoms with Crippen LogP contribution in [0.15, 0.2) is 35.7 Å². The van der Waals surface area contributed by atoms with Crippen molar-refractivity contribution in [2.24, 2.45) is 16.4 Å². The molecule has 1 atom stereocenters. The summed E-state index contributed by atoms with van der Waals surface area (Å²) >= 11 is 1.76. The molecule has 0 unspecified atom stereocenters. The largest absolute Gasteiger partial charge is 0.269 e.